The summed E-state index contributed by atoms with van der Waals surface area (Å²) in [5.74, 6) is 0.102. The van der Waals surface area contributed by atoms with E-state index < -0.39 is 0 Å². The van der Waals surface area contributed by atoms with Gasteiger partial charge in [0, 0.05) is 37.4 Å². The molecule has 1 heterocycles. The number of amides is 1. The summed E-state index contributed by atoms with van der Waals surface area (Å²) in [6, 6.07) is 7.48. The standard InChI is InChI=1S/C16H22N2O3/c1-12(11-21-2)17-16(20)10-18-9-5-8-15(19)13-6-3-4-7-14(13)18/h3-4,6-7,12H,5,8-11H2,1-2H3,(H,17,20). The number of methoxy groups -OCH3 is 1. The van der Waals surface area contributed by atoms with E-state index in [1.807, 2.05) is 36.1 Å². The Morgan fingerprint density at radius 3 is 2.95 bits per heavy atom. The van der Waals surface area contributed by atoms with Crippen LogP contribution in [0.15, 0.2) is 24.3 Å². The van der Waals surface area contributed by atoms with Crippen molar-refractivity contribution in [3.8, 4) is 0 Å². The van der Waals surface area contributed by atoms with Gasteiger partial charge in [-0.1, -0.05) is 12.1 Å². The SMILES string of the molecule is COCC(C)NC(=O)CN1CCCC(=O)c2ccccc21. The molecule has 5 nitrogen and oxygen atoms in total. The lowest BCUT2D eigenvalue weighted by Gasteiger charge is -2.24. The van der Waals surface area contributed by atoms with Crippen LogP contribution < -0.4 is 10.2 Å². The summed E-state index contributed by atoms with van der Waals surface area (Å²) in [5, 5.41) is 2.90. The molecule has 0 spiro atoms. The molecule has 0 bridgehead atoms. The number of hydrogen-bond donors (Lipinski definition) is 1. The maximum absolute atomic E-state index is 12.1. The molecular weight excluding hydrogens is 268 g/mol. The quantitative estimate of drug-likeness (QED) is 0.895. The molecule has 114 valence electrons. The fourth-order valence-corrected chi connectivity index (χ4v) is 2.62. The molecule has 0 saturated heterocycles. The molecule has 1 aliphatic heterocycles. The number of nitrogens with one attached hydrogen (secondary N) is 1. The number of carbonyl (C=O) groups is 2. The first-order chi connectivity index (χ1) is 10.1. The summed E-state index contributed by atoms with van der Waals surface area (Å²) in [6.07, 6.45) is 1.31. The van der Waals surface area contributed by atoms with Crippen LogP contribution in [0.3, 0.4) is 0 Å². The maximum atomic E-state index is 12.1. The Hall–Kier alpha value is -1.88. The summed E-state index contributed by atoms with van der Waals surface area (Å²) in [6.45, 7) is 3.37. The first-order valence-electron chi connectivity index (χ1n) is 7.27. The van der Waals surface area contributed by atoms with Gasteiger partial charge < -0.3 is 15.0 Å². The first-order valence-corrected chi connectivity index (χ1v) is 7.27. The largest absolute Gasteiger partial charge is 0.383 e. The van der Waals surface area contributed by atoms with Crippen molar-refractivity contribution in [2.24, 2.45) is 0 Å². The van der Waals surface area contributed by atoms with Crippen LogP contribution in [0.25, 0.3) is 0 Å². The smallest absolute Gasteiger partial charge is 0.239 e. The molecule has 0 aliphatic carbocycles. The van der Waals surface area contributed by atoms with Gasteiger partial charge in [0.15, 0.2) is 5.78 Å². The Balaban J connectivity index is 2.07. The summed E-state index contributed by atoms with van der Waals surface area (Å²) in [4.78, 5) is 26.1. The van der Waals surface area contributed by atoms with Crippen LogP contribution in [0, 0.1) is 0 Å². The average Bonchev–Trinajstić information content (AvgIpc) is 2.60. The van der Waals surface area contributed by atoms with E-state index in [4.69, 9.17) is 4.74 Å². The second-order valence-corrected chi connectivity index (χ2v) is 5.39. The normalized spacial score (nSPS) is 16.1. The van der Waals surface area contributed by atoms with Gasteiger partial charge in [-0.3, -0.25) is 9.59 Å². The third-order valence-electron chi connectivity index (χ3n) is 3.54. The Labute approximate surface area is 125 Å². The molecule has 1 aliphatic rings. The van der Waals surface area contributed by atoms with Crippen molar-refractivity contribution in [2.75, 3.05) is 31.7 Å². The van der Waals surface area contributed by atoms with E-state index in [1.165, 1.54) is 0 Å². The highest BCUT2D eigenvalue weighted by atomic mass is 16.5. The number of benzene rings is 1. The number of para-hydroxylation sites is 1. The molecule has 1 N–H and O–H groups in total. The third kappa shape index (κ3) is 4.04. The van der Waals surface area contributed by atoms with Crippen molar-refractivity contribution in [3.63, 3.8) is 0 Å². The zero-order valence-corrected chi connectivity index (χ0v) is 12.6. The van der Waals surface area contributed by atoms with Gasteiger partial charge in [0.05, 0.1) is 13.2 Å². The number of carbonyl (C=O) groups excluding carboxylic acids is 2. The van der Waals surface area contributed by atoms with Gasteiger partial charge in [-0.25, -0.2) is 0 Å². The van der Waals surface area contributed by atoms with Gasteiger partial charge in [-0.15, -0.1) is 0 Å². The Morgan fingerprint density at radius 1 is 1.43 bits per heavy atom. The maximum Gasteiger partial charge on any atom is 0.239 e. The van der Waals surface area contributed by atoms with E-state index in [1.54, 1.807) is 7.11 Å². The molecule has 0 fully saturated rings. The van der Waals surface area contributed by atoms with E-state index in [9.17, 15) is 9.59 Å². The molecule has 0 saturated carbocycles. The number of ketones is 1. The van der Waals surface area contributed by atoms with Crippen LogP contribution in [-0.4, -0.2) is 44.5 Å². The van der Waals surface area contributed by atoms with Gasteiger partial charge in [-0.05, 0) is 25.5 Å². The third-order valence-corrected chi connectivity index (χ3v) is 3.54. The molecule has 0 radical (unpaired) electrons. The summed E-state index contributed by atoms with van der Waals surface area (Å²) in [7, 11) is 1.61. The highest BCUT2D eigenvalue weighted by molar-refractivity contribution is 6.02. The molecule has 1 aromatic rings. The topological polar surface area (TPSA) is 58.6 Å². The Morgan fingerprint density at radius 2 is 2.19 bits per heavy atom. The zero-order valence-electron chi connectivity index (χ0n) is 12.6. The van der Waals surface area contributed by atoms with E-state index in [-0.39, 0.29) is 24.3 Å². The summed E-state index contributed by atoms with van der Waals surface area (Å²) >= 11 is 0. The molecule has 1 amide bonds. The minimum atomic E-state index is -0.0521. The molecular formula is C16H22N2O3. The minimum absolute atomic E-state index is 0.0219. The predicted molar refractivity (Wildman–Crippen MR) is 81.7 cm³/mol. The second kappa shape index (κ2) is 7.22. The number of hydrogen-bond acceptors (Lipinski definition) is 4. The number of nitrogens with zero attached hydrogens (tertiary/aromatic N) is 1. The molecule has 1 aromatic carbocycles. The van der Waals surface area contributed by atoms with Crippen molar-refractivity contribution >= 4 is 17.4 Å². The number of Topliss-reactive ketones (excluding diaryl/α,β-unsaturated/α-hetero) is 1. The lowest BCUT2D eigenvalue weighted by Crippen LogP contribution is -2.43. The Bertz CT molecular complexity index is 516. The van der Waals surface area contributed by atoms with Crippen molar-refractivity contribution in [1.82, 2.24) is 5.32 Å². The summed E-state index contributed by atoms with van der Waals surface area (Å²) < 4.78 is 5.01. The van der Waals surface area contributed by atoms with Crippen LogP contribution in [0.2, 0.25) is 0 Å². The number of fused-ring (bicyclic) bond motifs is 1. The van der Waals surface area contributed by atoms with Crippen molar-refractivity contribution < 1.29 is 14.3 Å². The molecule has 21 heavy (non-hydrogen) atoms. The van der Waals surface area contributed by atoms with Crippen LogP contribution in [-0.2, 0) is 9.53 Å². The molecule has 0 aromatic heterocycles. The highest BCUT2D eigenvalue weighted by Crippen LogP contribution is 2.25. The number of ether oxygens (including phenoxy) is 1. The van der Waals surface area contributed by atoms with Gasteiger partial charge in [0.25, 0.3) is 0 Å². The molecule has 1 atom stereocenters. The van der Waals surface area contributed by atoms with Crippen LogP contribution in [0.4, 0.5) is 5.69 Å². The van der Waals surface area contributed by atoms with Crippen molar-refractivity contribution in [2.45, 2.75) is 25.8 Å². The monoisotopic (exact) mass is 290 g/mol. The molecule has 1 unspecified atom stereocenters. The predicted octanol–water partition coefficient (Wildman–Crippen LogP) is 1.62. The van der Waals surface area contributed by atoms with Crippen molar-refractivity contribution in [3.05, 3.63) is 29.8 Å². The van der Waals surface area contributed by atoms with Crippen LogP contribution >= 0.6 is 0 Å². The van der Waals surface area contributed by atoms with Gasteiger partial charge in [0.2, 0.25) is 5.91 Å². The fraction of sp³-hybridized carbons (Fsp3) is 0.500. The second-order valence-electron chi connectivity index (χ2n) is 5.39. The van der Waals surface area contributed by atoms with E-state index in [0.717, 1.165) is 18.7 Å². The Kier molecular flexibility index (Phi) is 5.33. The minimum Gasteiger partial charge on any atom is -0.383 e. The summed E-state index contributed by atoms with van der Waals surface area (Å²) in [5.41, 5.74) is 1.57. The van der Waals surface area contributed by atoms with Crippen molar-refractivity contribution in [1.29, 1.82) is 0 Å². The van der Waals surface area contributed by atoms with Gasteiger partial charge in [-0.2, -0.15) is 0 Å². The van der Waals surface area contributed by atoms with E-state index >= 15 is 0 Å². The molecule has 2 rings (SSSR count). The van der Waals surface area contributed by atoms with Crippen LogP contribution in [0.5, 0.6) is 0 Å². The lowest BCUT2D eigenvalue weighted by molar-refractivity contribution is -0.120. The van der Waals surface area contributed by atoms with E-state index in [0.29, 0.717) is 18.6 Å². The number of anilines is 1. The number of rotatable bonds is 5. The zero-order chi connectivity index (χ0) is 15.2. The molecule has 5 heteroatoms. The van der Waals surface area contributed by atoms with E-state index in [2.05, 4.69) is 5.32 Å². The lowest BCUT2D eigenvalue weighted by atomic mass is 10.1. The highest BCUT2D eigenvalue weighted by Gasteiger charge is 2.22. The van der Waals surface area contributed by atoms with Gasteiger partial charge >= 0.3 is 0 Å². The first kappa shape index (κ1) is 15.5. The van der Waals surface area contributed by atoms with Crippen LogP contribution in [0.1, 0.15) is 30.1 Å². The van der Waals surface area contributed by atoms with Gasteiger partial charge in [0.1, 0.15) is 0 Å². The fourth-order valence-electron chi connectivity index (χ4n) is 2.62. The average molecular weight is 290 g/mol.